The predicted molar refractivity (Wildman–Crippen MR) is 87.7 cm³/mol. The minimum atomic E-state index is -0.326. The first-order chi connectivity index (χ1) is 10.6. The van der Waals surface area contributed by atoms with Gasteiger partial charge in [0.25, 0.3) is 5.91 Å². The fourth-order valence-electron chi connectivity index (χ4n) is 1.75. The Labute approximate surface area is 135 Å². The molecule has 2 aromatic rings. The summed E-state index contributed by atoms with van der Waals surface area (Å²) in [5.41, 5.74) is 0.719. The zero-order chi connectivity index (χ0) is 15.5. The molecule has 0 unspecified atom stereocenters. The number of benzene rings is 1. The maximum Gasteiger partial charge on any atom is 0.286 e. The molecular formula is C15H9FN2O2S2. The van der Waals surface area contributed by atoms with E-state index in [1.807, 2.05) is 0 Å². The first-order valence-electron chi connectivity index (χ1n) is 6.24. The molecule has 0 N–H and O–H groups in total. The maximum atomic E-state index is 12.9. The molecule has 2 heterocycles. The molecule has 110 valence electrons. The highest BCUT2D eigenvalue weighted by atomic mass is 32.2. The summed E-state index contributed by atoms with van der Waals surface area (Å²) in [5, 5.41) is 5.17. The number of hydrogen-bond donors (Lipinski definition) is 0. The summed E-state index contributed by atoms with van der Waals surface area (Å²) in [5.74, 6) is -0.119. The number of thioether (sulfide) groups is 1. The van der Waals surface area contributed by atoms with Crippen molar-refractivity contribution in [3.8, 4) is 0 Å². The summed E-state index contributed by atoms with van der Waals surface area (Å²) in [6.45, 7) is 0. The van der Waals surface area contributed by atoms with Crippen LogP contribution in [0.15, 0.2) is 57.1 Å². The normalized spacial score (nSPS) is 17.1. The van der Waals surface area contributed by atoms with Crippen molar-refractivity contribution in [1.82, 2.24) is 5.01 Å². The van der Waals surface area contributed by atoms with E-state index in [0.29, 0.717) is 15.0 Å². The minimum absolute atomic E-state index is 0.317. The minimum Gasteiger partial charge on any atom is -0.463 e. The van der Waals surface area contributed by atoms with E-state index in [4.69, 9.17) is 16.6 Å². The van der Waals surface area contributed by atoms with Crippen LogP contribution >= 0.6 is 24.0 Å². The Bertz CT molecular complexity index is 767. The third kappa shape index (κ3) is 3.15. The molecule has 1 aliphatic rings. The zero-order valence-corrected chi connectivity index (χ0v) is 12.7. The number of carbonyl (C=O) groups is 1. The van der Waals surface area contributed by atoms with Gasteiger partial charge in [-0.2, -0.15) is 10.1 Å². The molecule has 0 spiro atoms. The van der Waals surface area contributed by atoms with Gasteiger partial charge in [-0.05, 0) is 48.1 Å². The van der Waals surface area contributed by atoms with Crippen molar-refractivity contribution < 1.29 is 13.6 Å². The van der Waals surface area contributed by atoms with Crippen LogP contribution in [0.2, 0.25) is 0 Å². The van der Waals surface area contributed by atoms with Gasteiger partial charge in [0, 0.05) is 0 Å². The van der Waals surface area contributed by atoms with Gasteiger partial charge >= 0.3 is 0 Å². The Morgan fingerprint density at radius 3 is 2.73 bits per heavy atom. The van der Waals surface area contributed by atoms with E-state index in [1.165, 1.54) is 24.6 Å². The van der Waals surface area contributed by atoms with Gasteiger partial charge in [-0.15, -0.1) is 0 Å². The Hall–Kier alpha value is -2.25. The van der Waals surface area contributed by atoms with Crippen LogP contribution in [0.4, 0.5) is 4.39 Å². The molecule has 1 fully saturated rings. The predicted octanol–water partition coefficient (Wildman–Crippen LogP) is 3.65. The molecule has 0 atom stereocenters. The first-order valence-corrected chi connectivity index (χ1v) is 7.47. The number of thiocarbonyl (C=S) groups is 1. The van der Waals surface area contributed by atoms with Crippen molar-refractivity contribution in [2.24, 2.45) is 5.10 Å². The van der Waals surface area contributed by atoms with Gasteiger partial charge in [0.05, 0.1) is 17.4 Å². The lowest BCUT2D eigenvalue weighted by molar-refractivity contribution is -0.122. The van der Waals surface area contributed by atoms with E-state index in [0.717, 1.165) is 22.3 Å². The van der Waals surface area contributed by atoms with E-state index in [-0.39, 0.29) is 11.7 Å². The summed E-state index contributed by atoms with van der Waals surface area (Å²) in [7, 11) is 0. The van der Waals surface area contributed by atoms with Crippen LogP contribution in [-0.4, -0.2) is 21.5 Å². The van der Waals surface area contributed by atoms with Crippen LogP contribution in [0.5, 0.6) is 0 Å². The number of rotatable bonds is 3. The fraction of sp³-hybridized carbons (Fsp3) is 0. The second-order valence-corrected chi connectivity index (χ2v) is 5.98. The highest BCUT2D eigenvalue weighted by molar-refractivity contribution is 8.26. The summed E-state index contributed by atoms with van der Waals surface area (Å²) in [6, 6.07) is 9.29. The second-order valence-electron chi connectivity index (χ2n) is 4.31. The monoisotopic (exact) mass is 332 g/mol. The van der Waals surface area contributed by atoms with Gasteiger partial charge < -0.3 is 4.42 Å². The van der Waals surface area contributed by atoms with Gasteiger partial charge in [0.1, 0.15) is 11.6 Å². The SMILES string of the molecule is O=C1/C(=C\c2ccc(F)cc2)SC(=S)N1/N=C/c1ccco1. The van der Waals surface area contributed by atoms with Gasteiger partial charge in [-0.1, -0.05) is 23.9 Å². The largest absolute Gasteiger partial charge is 0.463 e. The van der Waals surface area contributed by atoms with Crippen molar-refractivity contribution in [3.63, 3.8) is 0 Å². The first kappa shape index (κ1) is 14.7. The van der Waals surface area contributed by atoms with Gasteiger partial charge in [0.15, 0.2) is 4.32 Å². The third-order valence-corrected chi connectivity index (χ3v) is 4.07. The molecule has 22 heavy (non-hydrogen) atoms. The standard InChI is InChI=1S/C15H9FN2O2S2/c16-11-5-3-10(4-6-11)8-13-14(19)18(15(21)22-13)17-9-12-2-1-7-20-12/h1-9H/b13-8+,17-9+. The molecule has 0 bridgehead atoms. The summed E-state index contributed by atoms with van der Waals surface area (Å²) >= 11 is 6.30. The molecule has 0 radical (unpaired) electrons. The molecule has 3 rings (SSSR count). The summed E-state index contributed by atoms with van der Waals surface area (Å²) in [6.07, 6.45) is 4.59. The van der Waals surface area contributed by atoms with Crippen molar-refractivity contribution in [1.29, 1.82) is 0 Å². The van der Waals surface area contributed by atoms with E-state index in [2.05, 4.69) is 5.10 Å². The molecule has 0 saturated carbocycles. The number of amides is 1. The summed E-state index contributed by atoms with van der Waals surface area (Å²) in [4.78, 5) is 12.7. The van der Waals surface area contributed by atoms with Crippen LogP contribution in [0.1, 0.15) is 11.3 Å². The lowest BCUT2D eigenvalue weighted by Crippen LogP contribution is -2.22. The van der Waals surface area contributed by atoms with Crippen molar-refractivity contribution in [3.05, 3.63) is 64.7 Å². The van der Waals surface area contributed by atoms with Crippen LogP contribution < -0.4 is 0 Å². The van der Waals surface area contributed by atoms with Crippen molar-refractivity contribution >= 4 is 46.5 Å². The quantitative estimate of drug-likeness (QED) is 0.489. The molecule has 4 nitrogen and oxygen atoms in total. The van der Waals surface area contributed by atoms with Crippen molar-refractivity contribution in [2.45, 2.75) is 0 Å². The number of carbonyl (C=O) groups excluding carboxylic acids is 1. The maximum absolute atomic E-state index is 12.9. The van der Waals surface area contributed by atoms with E-state index in [1.54, 1.807) is 30.3 Å². The van der Waals surface area contributed by atoms with E-state index < -0.39 is 0 Å². The molecule has 1 saturated heterocycles. The highest BCUT2D eigenvalue weighted by Gasteiger charge is 2.32. The fourth-order valence-corrected chi connectivity index (χ4v) is 2.92. The number of halogens is 1. The zero-order valence-electron chi connectivity index (χ0n) is 11.1. The number of hydrazone groups is 1. The Kier molecular flexibility index (Phi) is 4.17. The molecule has 1 aromatic heterocycles. The summed E-state index contributed by atoms with van der Waals surface area (Å²) < 4.78 is 18.3. The molecular weight excluding hydrogens is 323 g/mol. The van der Waals surface area contributed by atoms with Crippen LogP contribution in [0.25, 0.3) is 6.08 Å². The Morgan fingerprint density at radius 1 is 1.27 bits per heavy atom. The number of hydrogen-bond acceptors (Lipinski definition) is 5. The molecule has 7 heteroatoms. The van der Waals surface area contributed by atoms with Gasteiger partial charge in [0.2, 0.25) is 0 Å². The van der Waals surface area contributed by atoms with E-state index in [9.17, 15) is 9.18 Å². The topological polar surface area (TPSA) is 45.8 Å². The van der Waals surface area contributed by atoms with Crippen LogP contribution in [0.3, 0.4) is 0 Å². The molecule has 1 amide bonds. The Balaban J connectivity index is 1.80. The van der Waals surface area contributed by atoms with Gasteiger partial charge in [-0.25, -0.2) is 4.39 Å². The Morgan fingerprint density at radius 2 is 2.05 bits per heavy atom. The second kappa shape index (κ2) is 6.25. The number of furan rings is 1. The van der Waals surface area contributed by atoms with Gasteiger partial charge in [-0.3, -0.25) is 4.79 Å². The lowest BCUT2D eigenvalue weighted by Gasteiger charge is -2.05. The smallest absolute Gasteiger partial charge is 0.286 e. The highest BCUT2D eigenvalue weighted by Crippen LogP contribution is 2.32. The molecule has 1 aromatic carbocycles. The molecule has 0 aliphatic carbocycles. The number of nitrogens with zero attached hydrogens (tertiary/aromatic N) is 2. The van der Waals surface area contributed by atoms with E-state index >= 15 is 0 Å². The van der Waals surface area contributed by atoms with Crippen LogP contribution in [-0.2, 0) is 4.79 Å². The third-order valence-electron chi connectivity index (χ3n) is 2.78. The molecule has 1 aliphatic heterocycles. The van der Waals surface area contributed by atoms with Crippen molar-refractivity contribution in [2.75, 3.05) is 0 Å². The lowest BCUT2D eigenvalue weighted by atomic mass is 10.2. The average molecular weight is 332 g/mol. The van der Waals surface area contributed by atoms with Crippen LogP contribution in [0, 0.1) is 5.82 Å². The average Bonchev–Trinajstić information content (AvgIpc) is 3.10.